The lowest BCUT2D eigenvalue weighted by Crippen LogP contribution is -2.57. The van der Waals surface area contributed by atoms with Gasteiger partial charge in [0, 0.05) is 97.9 Å². The first-order valence-corrected chi connectivity index (χ1v) is 28.8. The maximum atomic E-state index is 14.5. The molecule has 3 aromatic rings. The number of phenolic OH excluding ortho intramolecular Hbond substituents is 1. The number of amides is 6. The van der Waals surface area contributed by atoms with Crippen LogP contribution in [0, 0.1) is 0 Å². The van der Waals surface area contributed by atoms with E-state index in [9.17, 15) is 73.5 Å². The molecular formula is C58H83N13O16. The Labute approximate surface area is 504 Å². The van der Waals surface area contributed by atoms with E-state index >= 15 is 0 Å². The van der Waals surface area contributed by atoms with Crippen LogP contribution in [0.5, 0.6) is 11.5 Å². The van der Waals surface area contributed by atoms with E-state index in [0.29, 0.717) is 54.4 Å². The molecule has 29 heteroatoms. The molecule has 1 aliphatic rings. The number of carboxylic acid groups (broad SMARTS) is 4. The van der Waals surface area contributed by atoms with Crippen LogP contribution >= 0.6 is 0 Å². The second-order valence-corrected chi connectivity index (χ2v) is 20.5. The van der Waals surface area contributed by atoms with Crippen molar-refractivity contribution in [2.75, 3.05) is 105 Å². The molecular weight excluding hydrogens is 1130 g/mol. The summed E-state index contributed by atoms with van der Waals surface area (Å²) in [6, 6.07) is 19.1. The second-order valence-electron chi connectivity index (χ2n) is 20.5. The predicted octanol–water partition coefficient (Wildman–Crippen LogP) is -0.656. The SMILES string of the molecule is CCC(=O)NCCNC(=O)/N=C(/N)NCCC[C@@H](NC(=O)C(c1ccccc1)c1cccc(OCCCCNC(=O)CC[C@@H](NC(C=O)N2CCN(CC(=O)O)CCN(CC(=O)O)CCN(CC(=O)O)CC2)C(=O)O)c1)C(=O)NCc1ccc(O)cc1. The van der Waals surface area contributed by atoms with Crippen molar-refractivity contribution in [3.05, 3.63) is 95.6 Å². The number of aliphatic carboxylic acids is 4. The van der Waals surface area contributed by atoms with Gasteiger partial charge in [0.2, 0.25) is 23.6 Å². The summed E-state index contributed by atoms with van der Waals surface area (Å²) in [4.78, 5) is 135. The number of carboxylic acids is 4. The van der Waals surface area contributed by atoms with Crippen LogP contribution in [0.4, 0.5) is 4.79 Å². The van der Waals surface area contributed by atoms with Crippen molar-refractivity contribution in [3.8, 4) is 11.5 Å². The van der Waals surface area contributed by atoms with Gasteiger partial charge in [-0.1, -0.05) is 61.5 Å². The fraction of sp³-hybridized carbons (Fsp3) is 0.500. The van der Waals surface area contributed by atoms with Crippen molar-refractivity contribution >= 4 is 65.8 Å². The van der Waals surface area contributed by atoms with Crippen molar-refractivity contribution in [3.63, 3.8) is 0 Å². The number of guanidine groups is 1. The van der Waals surface area contributed by atoms with Crippen molar-refractivity contribution < 1.29 is 78.2 Å². The number of nitrogens with zero attached hydrogens (tertiary/aromatic N) is 5. The topological polar surface area (TPSA) is 417 Å². The molecule has 0 saturated carbocycles. The minimum Gasteiger partial charge on any atom is -0.508 e. The number of aromatic hydroxyl groups is 1. The zero-order valence-corrected chi connectivity index (χ0v) is 48.9. The summed E-state index contributed by atoms with van der Waals surface area (Å²) in [5, 5.41) is 67.9. The molecule has 0 radical (unpaired) electrons. The van der Waals surface area contributed by atoms with Crippen LogP contribution in [0.2, 0.25) is 0 Å². The number of unbranched alkanes of at least 4 members (excludes halogenated alkanes) is 1. The molecule has 0 bridgehead atoms. The summed E-state index contributed by atoms with van der Waals surface area (Å²) in [5.41, 5.74) is 7.84. The third-order valence-corrected chi connectivity index (χ3v) is 13.8. The summed E-state index contributed by atoms with van der Waals surface area (Å²) < 4.78 is 6.09. The average Bonchev–Trinajstić information content (AvgIpc) is 3.65. The zero-order chi connectivity index (χ0) is 63.5. The lowest BCUT2D eigenvalue weighted by molar-refractivity contribution is -0.142. The van der Waals surface area contributed by atoms with Crippen LogP contribution in [0.15, 0.2) is 83.9 Å². The Morgan fingerprint density at radius 3 is 1.78 bits per heavy atom. The summed E-state index contributed by atoms with van der Waals surface area (Å²) in [7, 11) is 0. The van der Waals surface area contributed by atoms with Crippen molar-refractivity contribution in [2.24, 2.45) is 10.7 Å². The fourth-order valence-electron chi connectivity index (χ4n) is 9.18. The molecule has 0 aromatic heterocycles. The first-order chi connectivity index (χ1) is 41.7. The van der Waals surface area contributed by atoms with E-state index in [1.54, 1.807) is 87.2 Å². The molecule has 1 heterocycles. The van der Waals surface area contributed by atoms with E-state index < -0.39 is 84.9 Å². The highest BCUT2D eigenvalue weighted by Crippen LogP contribution is 2.28. The number of ether oxygens (including phenoxy) is 1. The lowest BCUT2D eigenvalue weighted by atomic mass is 9.90. The maximum Gasteiger partial charge on any atom is 0.344 e. The van der Waals surface area contributed by atoms with Gasteiger partial charge in [0.05, 0.1) is 32.2 Å². The highest BCUT2D eigenvalue weighted by molar-refractivity contribution is 5.93. The summed E-state index contributed by atoms with van der Waals surface area (Å²) in [6.45, 7) is 2.55. The minimum absolute atomic E-state index is 0.0516. The smallest absolute Gasteiger partial charge is 0.344 e. The second kappa shape index (κ2) is 39.0. The Morgan fingerprint density at radius 2 is 1.20 bits per heavy atom. The van der Waals surface area contributed by atoms with Crippen LogP contribution in [0.25, 0.3) is 0 Å². The Balaban J connectivity index is 1.33. The van der Waals surface area contributed by atoms with Gasteiger partial charge >= 0.3 is 29.9 Å². The molecule has 29 nitrogen and oxygen atoms in total. The largest absolute Gasteiger partial charge is 0.508 e. The van der Waals surface area contributed by atoms with Gasteiger partial charge in [0.15, 0.2) is 12.2 Å². The number of carbonyl (C=O) groups excluding carboxylic acids is 6. The molecule has 0 spiro atoms. The van der Waals surface area contributed by atoms with Gasteiger partial charge in [0.25, 0.3) is 0 Å². The molecule has 4 atom stereocenters. The Kier molecular flexibility index (Phi) is 31.7. The Bertz CT molecular complexity index is 2710. The van der Waals surface area contributed by atoms with Gasteiger partial charge in [-0.05, 0) is 73.1 Å². The van der Waals surface area contributed by atoms with E-state index in [1.165, 1.54) is 12.1 Å². The molecule has 2 unspecified atom stereocenters. The molecule has 6 amide bonds. The van der Waals surface area contributed by atoms with Gasteiger partial charge in [-0.25, -0.2) is 4.79 Å². The summed E-state index contributed by atoms with van der Waals surface area (Å²) in [5.74, 6) is -6.84. The van der Waals surface area contributed by atoms with Crippen LogP contribution in [0.1, 0.15) is 74.5 Å². The van der Waals surface area contributed by atoms with Crippen LogP contribution in [-0.4, -0.2) is 234 Å². The average molecular weight is 1220 g/mol. The maximum absolute atomic E-state index is 14.5. The van der Waals surface area contributed by atoms with Gasteiger partial charge in [0.1, 0.15) is 29.7 Å². The number of aldehydes is 1. The number of hydrogen-bond acceptors (Lipinski definition) is 17. The summed E-state index contributed by atoms with van der Waals surface area (Å²) >= 11 is 0. The molecule has 14 N–H and O–H groups in total. The van der Waals surface area contributed by atoms with Gasteiger partial charge in [-0.15, -0.1) is 0 Å². The van der Waals surface area contributed by atoms with Crippen molar-refractivity contribution in [1.82, 2.24) is 56.8 Å². The Hall–Kier alpha value is -8.77. The van der Waals surface area contributed by atoms with Gasteiger partial charge in [-0.2, -0.15) is 4.99 Å². The zero-order valence-electron chi connectivity index (χ0n) is 48.9. The standard InChI is InChI=1S/C58H83N13O16/c1-2-48(74)61-23-24-63-58(86)67-57(59)62-22-9-14-45(54(82)64-35-40-15-17-43(73)18-16-40)66-55(83)53(41-10-4-3-5-11-41)42-12-8-13-44(34-42)87-33-7-6-21-60-49(75)20-19-46(56(84)85)65-47(39-72)71-31-29-69(37-51(78)79)27-25-68(36-50(76)77)26-28-70(30-32-71)38-52(80)81/h3-5,8,10-13,15-18,34,39,45-47,53,65,73H,2,6-7,9,14,19-33,35-38H2,1H3,(H,60,75)(H,61,74)(H,64,82)(H,66,83)(H,76,77)(H,78,79)(H,80,81)(H,84,85)(H4,59,62,63,67,86)/t45-,46-,47?,53?/m1/s1. The van der Waals surface area contributed by atoms with Crippen molar-refractivity contribution in [1.29, 1.82) is 0 Å². The number of rotatable bonds is 35. The number of carbonyl (C=O) groups is 10. The highest BCUT2D eigenvalue weighted by Gasteiger charge is 2.30. The molecule has 3 aromatic carbocycles. The van der Waals surface area contributed by atoms with E-state index in [2.05, 4.69) is 42.2 Å². The number of nitrogens with two attached hydrogens (primary N) is 1. The van der Waals surface area contributed by atoms with E-state index in [4.69, 9.17) is 10.5 Å². The first kappa shape index (κ1) is 70.7. The third kappa shape index (κ3) is 28.3. The number of benzene rings is 3. The fourth-order valence-corrected chi connectivity index (χ4v) is 9.18. The number of hydrogen-bond donors (Lipinski definition) is 13. The number of phenols is 1. The molecule has 1 aliphatic heterocycles. The van der Waals surface area contributed by atoms with Crippen molar-refractivity contribution in [2.45, 2.75) is 82.6 Å². The monoisotopic (exact) mass is 1220 g/mol. The third-order valence-electron chi connectivity index (χ3n) is 13.8. The van der Waals surface area contributed by atoms with Crippen LogP contribution in [0.3, 0.4) is 0 Å². The molecule has 0 aliphatic carbocycles. The first-order valence-electron chi connectivity index (χ1n) is 28.8. The van der Waals surface area contributed by atoms with E-state index in [1.807, 2.05) is 6.07 Å². The predicted molar refractivity (Wildman–Crippen MR) is 317 cm³/mol. The highest BCUT2D eigenvalue weighted by atomic mass is 16.5. The Morgan fingerprint density at radius 1 is 0.621 bits per heavy atom. The lowest BCUT2D eigenvalue weighted by Gasteiger charge is -2.36. The molecule has 1 saturated heterocycles. The molecule has 476 valence electrons. The van der Waals surface area contributed by atoms with Gasteiger partial charge in [-0.3, -0.25) is 63.3 Å². The molecule has 4 rings (SSSR count). The molecule has 1 fully saturated rings. The normalized spacial score (nSPS) is 15.3. The van der Waals surface area contributed by atoms with Crippen LogP contribution in [-0.2, 0) is 49.7 Å². The van der Waals surface area contributed by atoms with E-state index in [-0.39, 0.29) is 135 Å². The quantitative estimate of drug-likeness (QED) is 0.0151. The van der Waals surface area contributed by atoms with Crippen LogP contribution < -0.4 is 47.7 Å². The number of aliphatic imine (C=N–C) groups is 1. The van der Waals surface area contributed by atoms with E-state index in [0.717, 1.165) is 0 Å². The summed E-state index contributed by atoms with van der Waals surface area (Å²) in [6.07, 6.45) is 0.543. The number of urea groups is 1. The minimum atomic E-state index is -1.37. The molecule has 87 heavy (non-hydrogen) atoms. The van der Waals surface area contributed by atoms with Gasteiger partial charge < -0.3 is 72.7 Å². The number of nitrogens with one attached hydrogen (secondary N) is 7.